The molecule has 3 aromatic carbocycles. The number of piperidine rings is 1. The van der Waals surface area contributed by atoms with Gasteiger partial charge in [-0.3, -0.25) is 29.0 Å². The Bertz CT molecular complexity index is 1740. The summed E-state index contributed by atoms with van der Waals surface area (Å²) in [5.41, 5.74) is 3.58. The van der Waals surface area contributed by atoms with Gasteiger partial charge < -0.3 is 0 Å². The van der Waals surface area contributed by atoms with Crippen LogP contribution >= 0.6 is 0 Å². The molecule has 3 aromatic rings. The number of hydrogen-bond acceptors (Lipinski definition) is 4. The lowest BCUT2D eigenvalue weighted by atomic mass is 9.65. The summed E-state index contributed by atoms with van der Waals surface area (Å²) in [6.07, 6.45) is 19.3. The minimum Gasteiger partial charge on any atom is -0.281 e. The number of likely N-dealkylation sites (tertiary alicyclic amines) is 1. The van der Waals surface area contributed by atoms with Crippen molar-refractivity contribution in [2.45, 2.75) is 110 Å². The molecule has 0 bridgehead atoms. The predicted molar refractivity (Wildman–Crippen MR) is 184 cm³/mol. The molecule has 0 radical (unpaired) electrons. The lowest BCUT2D eigenvalue weighted by Gasteiger charge is -2.43. The average molecular weight is 621 g/mol. The van der Waals surface area contributed by atoms with Crippen LogP contribution < -0.4 is 5.22 Å². The monoisotopic (exact) mass is 620 g/mol. The van der Waals surface area contributed by atoms with Gasteiger partial charge >= 0.3 is 0 Å². The van der Waals surface area contributed by atoms with E-state index in [1.807, 2.05) is 30.3 Å². The van der Waals surface area contributed by atoms with Crippen LogP contribution in [0.2, 0.25) is 0 Å². The fourth-order valence-corrected chi connectivity index (χ4v) is 8.25. The Morgan fingerprint density at radius 3 is 2.28 bits per heavy atom. The molecule has 0 saturated carbocycles. The first-order valence-electron chi connectivity index (χ1n) is 17.9. The highest BCUT2D eigenvalue weighted by atomic mass is 16.2. The highest BCUT2D eigenvalue weighted by Gasteiger charge is 2.48. The topological polar surface area (TPSA) is 74.8 Å². The molecule has 1 aliphatic heterocycles. The summed E-state index contributed by atoms with van der Waals surface area (Å²) in [5.74, 6) is -0.858. The SMILES string of the molecule is CCCCCCCCN(C=O)C(=O)c1ccc2c3c4c(c5cccc1c25)=CC=C1C(=O)N(CCCCCCCC)C(=O)C(CC3)C14. The zero-order chi connectivity index (χ0) is 32.2. The maximum Gasteiger partial charge on any atom is 0.260 e. The van der Waals surface area contributed by atoms with E-state index in [9.17, 15) is 19.2 Å². The number of carbonyl (C=O) groups excluding carboxylic acids is 4. The molecule has 1 fully saturated rings. The third-order valence-electron chi connectivity index (χ3n) is 10.6. The number of allylic oxidation sites excluding steroid dienone is 1. The van der Waals surface area contributed by atoms with Crippen LogP contribution in [0.4, 0.5) is 0 Å². The van der Waals surface area contributed by atoms with Crippen molar-refractivity contribution in [3.63, 3.8) is 0 Å². The Morgan fingerprint density at radius 1 is 0.848 bits per heavy atom. The van der Waals surface area contributed by atoms with Crippen LogP contribution in [0.15, 0.2) is 42.0 Å². The first kappa shape index (κ1) is 32.2. The standard InChI is InChI=1S/C40H48N2O4/c1-3-5-7-9-11-13-24-41(26-43)38(44)32-21-18-29-31-20-23-34-37-33(39(45)42(40(34)46)25-14-12-10-8-6-4-2)22-19-30(36(31)37)27-16-15-17-28(32)35(27)29/h15-19,21-22,26,34,37H,3-14,20,23-25H2,1-2H3. The summed E-state index contributed by atoms with van der Waals surface area (Å²) in [5, 5.41) is 5.04. The molecule has 0 aromatic heterocycles. The van der Waals surface area contributed by atoms with E-state index >= 15 is 0 Å². The second-order valence-electron chi connectivity index (χ2n) is 13.5. The van der Waals surface area contributed by atoms with Crippen molar-refractivity contribution in [2.24, 2.45) is 5.92 Å². The van der Waals surface area contributed by atoms with Gasteiger partial charge in [0.05, 0.1) is 5.92 Å². The largest absolute Gasteiger partial charge is 0.281 e. The van der Waals surface area contributed by atoms with Gasteiger partial charge in [-0.25, -0.2) is 0 Å². The summed E-state index contributed by atoms with van der Waals surface area (Å²) < 4.78 is 0. The van der Waals surface area contributed by atoms with E-state index in [0.29, 0.717) is 31.5 Å². The van der Waals surface area contributed by atoms with E-state index in [1.54, 1.807) is 0 Å². The molecule has 0 spiro atoms. The molecular formula is C40H48N2O4. The molecule has 242 valence electrons. The number of unbranched alkanes of at least 4 members (excludes halogenated alkanes) is 10. The quantitative estimate of drug-likeness (QED) is 0.0932. The number of hydrogen-bond donors (Lipinski definition) is 0. The second-order valence-corrected chi connectivity index (χ2v) is 13.5. The number of benzene rings is 3. The maximum atomic E-state index is 13.8. The molecule has 6 rings (SSSR count). The van der Waals surface area contributed by atoms with E-state index in [2.05, 4.69) is 26.0 Å². The van der Waals surface area contributed by atoms with E-state index in [0.717, 1.165) is 82.8 Å². The van der Waals surface area contributed by atoms with Crippen molar-refractivity contribution >= 4 is 51.8 Å². The molecule has 4 amide bonds. The highest BCUT2D eigenvalue weighted by molar-refractivity contribution is 6.21. The van der Waals surface area contributed by atoms with Gasteiger partial charge in [0, 0.05) is 30.1 Å². The Kier molecular flexibility index (Phi) is 10.0. The predicted octanol–water partition coefficient (Wildman–Crippen LogP) is 7.77. The maximum absolute atomic E-state index is 13.8. The zero-order valence-corrected chi connectivity index (χ0v) is 27.6. The Balaban J connectivity index is 1.32. The first-order chi connectivity index (χ1) is 22.5. The van der Waals surface area contributed by atoms with Crippen molar-refractivity contribution in [1.82, 2.24) is 9.80 Å². The van der Waals surface area contributed by atoms with Crippen molar-refractivity contribution in [2.75, 3.05) is 13.1 Å². The number of fused-ring (bicyclic) bond motifs is 2. The lowest BCUT2D eigenvalue weighted by Crippen LogP contribution is -2.52. The Labute approximate surface area is 272 Å². The first-order valence-corrected chi connectivity index (χ1v) is 17.9. The summed E-state index contributed by atoms with van der Waals surface area (Å²) in [6.45, 7) is 5.32. The molecule has 2 atom stereocenters. The van der Waals surface area contributed by atoms with E-state index in [1.165, 1.54) is 53.9 Å². The van der Waals surface area contributed by atoms with Crippen LogP contribution in [0.1, 0.15) is 125 Å². The van der Waals surface area contributed by atoms with Crippen LogP contribution in [0.3, 0.4) is 0 Å². The van der Waals surface area contributed by atoms with Gasteiger partial charge in [0.25, 0.3) is 11.8 Å². The molecule has 46 heavy (non-hydrogen) atoms. The van der Waals surface area contributed by atoms with Crippen LogP contribution in [0, 0.1) is 5.92 Å². The third-order valence-corrected chi connectivity index (χ3v) is 10.6. The van der Waals surface area contributed by atoms with Gasteiger partial charge in [-0.15, -0.1) is 0 Å². The lowest BCUT2D eigenvalue weighted by molar-refractivity contribution is -0.149. The fraction of sp³-hybridized carbons (Fsp3) is 0.500. The van der Waals surface area contributed by atoms with Gasteiger partial charge in [0.1, 0.15) is 0 Å². The van der Waals surface area contributed by atoms with Crippen LogP contribution in [-0.2, 0) is 20.8 Å². The van der Waals surface area contributed by atoms with Crippen LogP contribution in [0.5, 0.6) is 0 Å². The second kappa shape index (κ2) is 14.3. The number of imide groups is 2. The molecule has 6 nitrogen and oxygen atoms in total. The highest BCUT2D eigenvalue weighted by Crippen LogP contribution is 2.48. The third kappa shape index (κ3) is 5.80. The molecule has 3 aliphatic rings. The molecule has 2 unspecified atom stereocenters. The molecular weight excluding hydrogens is 572 g/mol. The van der Waals surface area contributed by atoms with Crippen molar-refractivity contribution in [1.29, 1.82) is 0 Å². The number of rotatable bonds is 16. The van der Waals surface area contributed by atoms with Crippen LogP contribution in [-0.4, -0.2) is 47.0 Å². The number of carbonyl (C=O) groups is 4. The van der Waals surface area contributed by atoms with Crippen LogP contribution in [0.25, 0.3) is 27.6 Å². The minimum absolute atomic E-state index is 0.0159. The Morgan fingerprint density at radius 2 is 1.54 bits per heavy atom. The molecule has 1 saturated heterocycles. The van der Waals surface area contributed by atoms with Gasteiger partial charge in [-0.2, -0.15) is 0 Å². The summed E-state index contributed by atoms with van der Waals surface area (Å²) in [4.78, 5) is 56.3. The van der Waals surface area contributed by atoms with Crippen molar-refractivity contribution < 1.29 is 19.2 Å². The summed E-state index contributed by atoms with van der Waals surface area (Å²) in [7, 11) is 0. The fourth-order valence-electron chi connectivity index (χ4n) is 8.25. The van der Waals surface area contributed by atoms with Gasteiger partial charge in [0.2, 0.25) is 12.3 Å². The van der Waals surface area contributed by atoms with Gasteiger partial charge in [-0.05, 0) is 69.6 Å². The molecule has 0 N–H and O–H groups in total. The van der Waals surface area contributed by atoms with Crippen molar-refractivity contribution in [3.8, 4) is 0 Å². The van der Waals surface area contributed by atoms with Crippen molar-refractivity contribution in [3.05, 3.63) is 63.9 Å². The number of amides is 4. The van der Waals surface area contributed by atoms with E-state index in [-0.39, 0.29) is 29.6 Å². The van der Waals surface area contributed by atoms with Gasteiger partial charge in [-0.1, -0.05) is 114 Å². The van der Waals surface area contributed by atoms with E-state index in [4.69, 9.17) is 0 Å². The minimum atomic E-state index is -0.260. The summed E-state index contributed by atoms with van der Waals surface area (Å²) in [6, 6.07) is 9.95. The van der Waals surface area contributed by atoms with E-state index < -0.39 is 0 Å². The molecule has 2 aliphatic carbocycles. The van der Waals surface area contributed by atoms with Gasteiger partial charge in [0.15, 0.2) is 0 Å². The average Bonchev–Trinajstić information content (AvgIpc) is 3.08. The number of aryl methyl sites for hydroxylation is 1. The number of nitrogens with zero attached hydrogens (tertiary/aromatic N) is 2. The molecule has 1 heterocycles. The Hall–Kier alpha value is -3.80. The zero-order valence-electron chi connectivity index (χ0n) is 27.6. The smallest absolute Gasteiger partial charge is 0.260 e. The molecule has 6 heteroatoms. The summed E-state index contributed by atoms with van der Waals surface area (Å²) >= 11 is 0. The normalized spacial score (nSPS) is 18.5.